The molecule has 0 spiro atoms. The van der Waals surface area contributed by atoms with Crippen LogP contribution < -0.4 is 14.8 Å². The number of likely N-dealkylation sites (N-methyl/N-ethyl adjacent to an activating group) is 1. The number of hydrogen-bond donors (Lipinski definition) is 1. The summed E-state index contributed by atoms with van der Waals surface area (Å²) in [7, 11) is 4.91. The van der Waals surface area contributed by atoms with E-state index in [1.165, 1.54) is 18.4 Å². The molecule has 0 radical (unpaired) electrons. The fourth-order valence-electron chi connectivity index (χ4n) is 3.80. The number of carbonyl (C=O) groups is 1. The number of nitrogens with one attached hydrogen (secondary N) is 1. The molecule has 0 saturated carbocycles. The lowest BCUT2D eigenvalue weighted by molar-refractivity contribution is -0.120. The maximum Gasteiger partial charge on any atom is 0.240 e. The number of hydrogen-bond acceptors (Lipinski definition) is 7. The number of carbonyl (C=O) groups excluding carboxylic acids is 1. The Morgan fingerprint density at radius 2 is 2.10 bits per heavy atom. The van der Waals surface area contributed by atoms with Crippen molar-refractivity contribution in [2.75, 3.05) is 27.8 Å². The van der Waals surface area contributed by atoms with Gasteiger partial charge >= 0.3 is 0 Å². The van der Waals surface area contributed by atoms with Crippen LogP contribution in [0.1, 0.15) is 43.0 Å². The van der Waals surface area contributed by atoms with Crippen molar-refractivity contribution < 1.29 is 18.8 Å². The summed E-state index contributed by atoms with van der Waals surface area (Å²) >= 11 is 0. The summed E-state index contributed by atoms with van der Waals surface area (Å²) in [6, 6.07) is 6.57. The van der Waals surface area contributed by atoms with Crippen LogP contribution in [0, 0.1) is 0 Å². The lowest BCUT2D eigenvalue weighted by Gasteiger charge is -2.34. The first-order chi connectivity index (χ1) is 14.1. The highest BCUT2D eigenvalue weighted by molar-refractivity contribution is 5.77. The lowest BCUT2D eigenvalue weighted by atomic mass is 9.95. The second-order valence-electron chi connectivity index (χ2n) is 7.30. The van der Waals surface area contributed by atoms with Crippen LogP contribution in [0.2, 0.25) is 0 Å². The number of methoxy groups -OCH3 is 2. The number of nitrogens with zero attached hydrogens (tertiary/aromatic N) is 3. The third kappa shape index (κ3) is 5.69. The molecule has 158 valence electrons. The Hall–Kier alpha value is -2.61. The first-order valence-corrected chi connectivity index (χ1v) is 10.1. The van der Waals surface area contributed by atoms with E-state index in [4.69, 9.17) is 14.0 Å². The Morgan fingerprint density at radius 1 is 1.28 bits per heavy atom. The molecule has 0 bridgehead atoms. The molecule has 1 aliphatic rings. The number of aryl methyl sites for hydroxylation is 1. The van der Waals surface area contributed by atoms with Crippen LogP contribution in [0.3, 0.4) is 0 Å². The molecule has 3 rings (SSSR count). The van der Waals surface area contributed by atoms with Crippen LogP contribution in [-0.2, 0) is 24.2 Å². The highest BCUT2D eigenvalue weighted by atomic mass is 16.5. The summed E-state index contributed by atoms with van der Waals surface area (Å²) in [5.74, 6) is 2.39. The average Bonchev–Trinajstić information content (AvgIpc) is 3.19. The van der Waals surface area contributed by atoms with Crippen LogP contribution in [0.5, 0.6) is 11.5 Å². The van der Waals surface area contributed by atoms with Crippen molar-refractivity contribution in [1.29, 1.82) is 0 Å². The number of piperidine rings is 1. The minimum Gasteiger partial charge on any atom is -0.493 e. The van der Waals surface area contributed by atoms with Gasteiger partial charge < -0.3 is 19.3 Å². The molecule has 0 aliphatic carbocycles. The van der Waals surface area contributed by atoms with E-state index in [1.807, 2.05) is 6.07 Å². The quantitative estimate of drug-likeness (QED) is 0.689. The standard InChI is InChI=1S/C21H30N4O4/c1-22-20(26)13-19-23-21(29-24-19)14-25-11-5-4-6-16(25)9-7-15-8-10-17(27-2)18(12-15)28-3/h8,10,12,16H,4-7,9,11,13-14H2,1-3H3,(H,22,26). The van der Waals surface area contributed by atoms with Crippen molar-refractivity contribution in [2.45, 2.75) is 51.1 Å². The minimum absolute atomic E-state index is 0.122. The number of likely N-dealkylation sites (tertiary alicyclic amines) is 1. The summed E-state index contributed by atoms with van der Waals surface area (Å²) in [5, 5.41) is 6.50. The molecule has 8 nitrogen and oxygen atoms in total. The average molecular weight is 402 g/mol. The van der Waals surface area contributed by atoms with Gasteiger partial charge in [0.1, 0.15) is 0 Å². The van der Waals surface area contributed by atoms with Gasteiger partial charge in [-0.2, -0.15) is 4.98 Å². The SMILES string of the molecule is CNC(=O)Cc1noc(CN2CCCCC2CCc2ccc(OC)c(OC)c2)n1. The topological polar surface area (TPSA) is 89.7 Å². The van der Waals surface area contributed by atoms with E-state index in [1.54, 1.807) is 21.3 Å². The second kappa shape index (κ2) is 10.2. The van der Waals surface area contributed by atoms with Gasteiger partial charge in [-0.1, -0.05) is 17.6 Å². The Balaban J connectivity index is 1.59. The van der Waals surface area contributed by atoms with Crippen molar-refractivity contribution in [3.63, 3.8) is 0 Å². The maximum absolute atomic E-state index is 11.5. The number of aromatic nitrogens is 2. The maximum atomic E-state index is 11.5. The highest BCUT2D eigenvalue weighted by Gasteiger charge is 2.24. The zero-order valence-corrected chi connectivity index (χ0v) is 17.4. The Bertz CT molecular complexity index is 808. The van der Waals surface area contributed by atoms with E-state index in [0.717, 1.165) is 37.3 Å². The molecule has 1 aromatic carbocycles. The highest BCUT2D eigenvalue weighted by Crippen LogP contribution is 2.29. The molecule has 1 amide bonds. The van der Waals surface area contributed by atoms with E-state index in [0.29, 0.717) is 24.3 Å². The van der Waals surface area contributed by atoms with E-state index >= 15 is 0 Å². The lowest BCUT2D eigenvalue weighted by Crippen LogP contribution is -2.39. The van der Waals surface area contributed by atoms with Gasteiger partial charge in [-0.15, -0.1) is 0 Å². The Morgan fingerprint density at radius 3 is 2.86 bits per heavy atom. The van der Waals surface area contributed by atoms with Crippen LogP contribution >= 0.6 is 0 Å². The van der Waals surface area contributed by atoms with E-state index in [9.17, 15) is 4.79 Å². The van der Waals surface area contributed by atoms with Gasteiger partial charge in [-0.3, -0.25) is 9.69 Å². The van der Waals surface area contributed by atoms with Gasteiger partial charge in [0.15, 0.2) is 17.3 Å². The van der Waals surface area contributed by atoms with Crippen LogP contribution in [0.25, 0.3) is 0 Å². The van der Waals surface area contributed by atoms with Crippen molar-refractivity contribution in [3.8, 4) is 11.5 Å². The fourth-order valence-corrected chi connectivity index (χ4v) is 3.80. The zero-order valence-electron chi connectivity index (χ0n) is 17.4. The molecule has 2 heterocycles. The smallest absolute Gasteiger partial charge is 0.240 e. The van der Waals surface area contributed by atoms with Crippen molar-refractivity contribution in [2.24, 2.45) is 0 Å². The summed E-state index contributed by atoms with van der Waals surface area (Å²) in [5.41, 5.74) is 1.24. The molecule has 2 aromatic rings. The number of rotatable bonds is 9. The van der Waals surface area contributed by atoms with E-state index in [2.05, 4.69) is 32.5 Å². The molecular formula is C21H30N4O4. The third-order valence-electron chi connectivity index (χ3n) is 5.41. The summed E-state index contributed by atoms with van der Waals surface area (Å²) in [4.78, 5) is 18.3. The normalized spacial score (nSPS) is 17.1. The summed E-state index contributed by atoms with van der Waals surface area (Å²) < 4.78 is 16.1. The van der Waals surface area contributed by atoms with Crippen molar-refractivity contribution in [3.05, 3.63) is 35.5 Å². The molecule has 1 unspecified atom stereocenters. The van der Waals surface area contributed by atoms with E-state index < -0.39 is 0 Å². The third-order valence-corrected chi connectivity index (χ3v) is 5.41. The molecule has 1 aliphatic heterocycles. The van der Waals surface area contributed by atoms with Gasteiger partial charge in [-0.25, -0.2) is 0 Å². The molecule has 1 N–H and O–H groups in total. The predicted octanol–water partition coefficient (Wildman–Crippen LogP) is 2.36. The Kier molecular flexibility index (Phi) is 7.46. The van der Waals surface area contributed by atoms with Gasteiger partial charge in [0.25, 0.3) is 0 Å². The van der Waals surface area contributed by atoms with Gasteiger partial charge in [0.2, 0.25) is 11.8 Å². The number of benzene rings is 1. The second-order valence-corrected chi connectivity index (χ2v) is 7.30. The molecule has 29 heavy (non-hydrogen) atoms. The molecule has 8 heteroatoms. The van der Waals surface area contributed by atoms with E-state index in [-0.39, 0.29) is 12.3 Å². The monoisotopic (exact) mass is 402 g/mol. The van der Waals surface area contributed by atoms with Gasteiger partial charge in [0, 0.05) is 13.1 Å². The summed E-state index contributed by atoms with van der Waals surface area (Å²) in [6.07, 6.45) is 5.72. The van der Waals surface area contributed by atoms with Crippen LogP contribution in [-0.4, -0.2) is 54.8 Å². The van der Waals surface area contributed by atoms with Crippen molar-refractivity contribution in [1.82, 2.24) is 20.4 Å². The summed E-state index contributed by atoms with van der Waals surface area (Å²) in [6.45, 7) is 1.64. The molecule has 1 aromatic heterocycles. The molecule has 1 atom stereocenters. The molecule has 1 fully saturated rings. The largest absolute Gasteiger partial charge is 0.493 e. The first-order valence-electron chi connectivity index (χ1n) is 10.1. The van der Waals surface area contributed by atoms with Gasteiger partial charge in [0.05, 0.1) is 27.2 Å². The molecule has 1 saturated heterocycles. The van der Waals surface area contributed by atoms with Crippen molar-refractivity contribution >= 4 is 5.91 Å². The first kappa shape index (κ1) is 21.1. The number of amides is 1. The fraction of sp³-hybridized carbons (Fsp3) is 0.571. The van der Waals surface area contributed by atoms with Crippen LogP contribution in [0.15, 0.2) is 22.7 Å². The van der Waals surface area contributed by atoms with Crippen LogP contribution in [0.4, 0.5) is 0 Å². The Labute approximate surface area is 171 Å². The predicted molar refractivity (Wildman–Crippen MR) is 108 cm³/mol. The molecular weight excluding hydrogens is 372 g/mol. The number of ether oxygens (including phenoxy) is 2. The minimum atomic E-state index is -0.122. The van der Waals surface area contributed by atoms with Gasteiger partial charge in [-0.05, 0) is 49.9 Å². The zero-order chi connectivity index (χ0) is 20.6.